The molecule has 3 nitrogen and oxygen atoms in total. The van der Waals surface area contributed by atoms with Gasteiger partial charge in [0.2, 0.25) is 5.91 Å². The molecule has 1 atom stereocenters. The summed E-state index contributed by atoms with van der Waals surface area (Å²) in [4.78, 5) is 13.7. The minimum Gasteiger partial charge on any atom is -0.345 e. The number of rotatable bonds is 6. The summed E-state index contributed by atoms with van der Waals surface area (Å²) in [5, 5.41) is 0. The average molecular weight is 248 g/mol. The van der Waals surface area contributed by atoms with E-state index >= 15 is 0 Å². The summed E-state index contributed by atoms with van der Waals surface area (Å²) in [7, 11) is 1.85. The van der Waals surface area contributed by atoms with E-state index in [1.165, 1.54) is 5.56 Å². The van der Waals surface area contributed by atoms with Gasteiger partial charge >= 0.3 is 0 Å². The Kier molecular flexibility index (Phi) is 5.86. The number of nitrogens with zero attached hydrogens (tertiary/aromatic N) is 1. The van der Waals surface area contributed by atoms with Crippen LogP contribution in [0.5, 0.6) is 0 Å². The predicted molar refractivity (Wildman–Crippen MR) is 75.2 cm³/mol. The first-order valence-corrected chi connectivity index (χ1v) is 6.54. The standard InChI is InChI=1S/C15H24N2O/c1-12(2)14(16)11-15(18)17(3)10-9-13-7-5-4-6-8-13/h4-8,12,14H,9-11,16H2,1-3H3. The van der Waals surface area contributed by atoms with Gasteiger partial charge in [0.1, 0.15) is 0 Å². The first-order valence-electron chi connectivity index (χ1n) is 6.54. The molecule has 1 aromatic rings. The second-order valence-corrected chi connectivity index (χ2v) is 5.16. The lowest BCUT2D eigenvalue weighted by Gasteiger charge is -2.21. The summed E-state index contributed by atoms with van der Waals surface area (Å²) in [6.45, 7) is 4.83. The van der Waals surface area contributed by atoms with Crippen LogP contribution in [-0.2, 0) is 11.2 Å². The molecular weight excluding hydrogens is 224 g/mol. The van der Waals surface area contributed by atoms with Crippen LogP contribution < -0.4 is 5.73 Å². The fraction of sp³-hybridized carbons (Fsp3) is 0.533. The SMILES string of the molecule is CC(C)C(N)CC(=O)N(C)CCc1ccccc1. The van der Waals surface area contributed by atoms with Crippen molar-refractivity contribution < 1.29 is 4.79 Å². The molecule has 0 bridgehead atoms. The molecule has 3 heteroatoms. The molecule has 0 saturated heterocycles. The van der Waals surface area contributed by atoms with Crippen LogP contribution in [0.1, 0.15) is 25.8 Å². The summed E-state index contributed by atoms with van der Waals surface area (Å²) in [6, 6.07) is 10.2. The number of hydrogen-bond donors (Lipinski definition) is 1. The lowest BCUT2D eigenvalue weighted by molar-refractivity contribution is -0.130. The van der Waals surface area contributed by atoms with Crippen LogP contribution in [0, 0.1) is 5.92 Å². The second kappa shape index (κ2) is 7.17. The quantitative estimate of drug-likeness (QED) is 0.837. The Balaban J connectivity index is 2.36. The van der Waals surface area contributed by atoms with Crippen LogP contribution >= 0.6 is 0 Å². The number of nitrogens with two attached hydrogens (primary N) is 1. The summed E-state index contributed by atoms with van der Waals surface area (Å²) in [5.74, 6) is 0.476. The maximum absolute atomic E-state index is 11.9. The molecule has 1 unspecified atom stereocenters. The molecule has 0 aliphatic rings. The van der Waals surface area contributed by atoms with E-state index in [-0.39, 0.29) is 11.9 Å². The highest BCUT2D eigenvalue weighted by atomic mass is 16.2. The van der Waals surface area contributed by atoms with Gasteiger partial charge in [0.25, 0.3) is 0 Å². The molecule has 1 amide bonds. The van der Waals surface area contributed by atoms with Gasteiger partial charge in [0.15, 0.2) is 0 Å². The third-order valence-electron chi connectivity index (χ3n) is 3.27. The molecule has 2 N–H and O–H groups in total. The van der Waals surface area contributed by atoms with Crippen LogP contribution in [0.25, 0.3) is 0 Å². The lowest BCUT2D eigenvalue weighted by atomic mass is 10.0. The Hall–Kier alpha value is -1.35. The van der Waals surface area contributed by atoms with Crippen molar-refractivity contribution in [3.05, 3.63) is 35.9 Å². The minimum absolute atomic E-state index is 0.0447. The molecule has 0 radical (unpaired) electrons. The van der Waals surface area contributed by atoms with E-state index in [4.69, 9.17) is 5.73 Å². The minimum atomic E-state index is -0.0447. The van der Waals surface area contributed by atoms with Gasteiger partial charge in [-0.1, -0.05) is 44.2 Å². The van der Waals surface area contributed by atoms with Crippen molar-refractivity contribution in [3.8, 4) is 0 Å². The molecule has 100 valence electrons. The molecular formula is C15H24N2O. The fourth-order valence-electron chi connectivity index (χ4n) is 1.66. The zero-order valence-electron chi connectivity index (χ0n) is 11.6. The van der Waals surface area contributed by atoms with Gasteiger partial charge in [-0.25, -0.2) is 0 Å². The molecule has 0 aromatic heterocycles. The third-order valence-corrected chi connectivity index (χ3v) is 3.27. The summed E-state index contributed by atoms with van der Waals surface area (Å²) in [6.07, 6.45) is 1.32. The van der Waals surface area contributed by atoms with Crippen LogP contribution in [0.4, 0.5) is 0 Å². The van der Waals surface area contributed by atoms with Crippen LogP contribution in [0.3, 0.4) is 0 Å². The van der Waals surface area contributed by atoms with Crippen molar-refractivity contribution in [2.75, 3.05) is 13.6 Å². The van der Waals surface area contributed by atoms with Crippen LogP contribution in [0.15, 0.2) is 30.3 Å². The Morgan fingerprint density at radius 2 is 1.89 bits per heavy atom. The topological polar surface area (TPSA) is 46.3 Å². The summed E-state index contributed by atoms with van der Waals surface area (Å²) in [5.41, 5.74) is 7.17. The number of carbonyl (C=O) groups excluding carboxylic acids is 1. The van der Waals surface area contributed by atoms with E-state index in [1.54, 1.807) is 4.90 Å². The highest BCUT2D eigenvalue weighted by Crippen LogP contribution is 2.06. The number of hydrogen-bond acceptors (Lipinski definition) is 2. The van der Waals surface area contributed by atoms with Crippen molar-refractivity contribution in [1.82, 2.24) is 4.90 Å². The first-order chi connectivity index (χ1) is 8.50. The van der Waals surface area contributed by atoms with Crippen molar-refractivity contribution >= 4 is 5.91 Å². The van der Waals surface area contributed by atoms with Gasteiger partial charge in [-0.3, -0.25) is 4.79 Å². The molecule has 0 fully saturated rings. The monoisotopic (exact) mass is 248 g/mol. The third kappa shape index (κ3) is 4.88. The lowest BCUT2D eigenvalue weighted by Crippen LogP contribution is -2.36. The van der Waals surface area contributed by atoms with E-state index in [0.29, 0.717) is 12.3 Å². The van der Waals surface area contributed by atoms with E-state index in [2.05, 4.69) is 12.1 Å². The maximum atomic E-state index is 11.9. The molecule has 1 aromatic carbocycles. The Bertz CT molecular complexity index is 362. The van der Waals surface area contributed by atoms with Crippen LogP contribution in [-0.4, -0.2) is 30.4 Å². The van der Waals surface area contributed by atoms with E-state index < -0.39 is 0 Å². The van der Waals surface area contributed by atoms with Crippen molar-refractivity contribution in [3.63, 3.8) is 0 Å². The second-order valence-electron chi connectivity index (χ2n) is 5.16. The number of carbonyl (C=O) groups is 1. The van der Waals surface area contributed by atoms with Gasteiger partial charge in [-0.05, 0) is 17.9 Å². The summed E-state index contributed by atoms with van der Waals surface area (Å²) >= 11 is 0. The molecule has 0 spiro atoms. The van der Waals surface area contributed by atoms with Crippen LogP contribution in [0.2, 0.25) is 0 Å². The molecule has 18 heavy (non-hydrogen) atoms. The van der Waals surface area contributed by atoms with E-state index in [9.17, 15) is 4.79 Å². The molecule has 0 saturated carbocycles. The van der Waals surface area contributed by atoms with E-state index in [1.807, 2.05) is 39.1 Å². The maximum Gasteiger partial charge on any atom is 0.223 e. The summed E-state index contributed by atoms with van der Waals surface area (Å²) < 4.78 is 0. The fourth-order valence-corrected chi connectivity index (χ4v) is 1.66. The molecule has 0 aliphatic heterocycles. The molecule has 0 aliphatic carbocycles. The zero-order valence-corrected chi connectivity index (χ0v) is 11.6. The van der Waals surface area contributed by atoms with E-state index in [0.717, 1.165) is 13.0 Å². The van der Waals surface area contributed by atoms with Crippen molar-refractivity contribution in [2.45, 2.75) is 32.7 Å². The number of amides is 1. The molecule has 0 heterocycles. The van der Waals surface area contributed by atoms with Gasteiger partial charge in [-0.2, -0.15) is 0 Å². The van der Waals surface area contributed by atoms with Gasteiger partial charge in [0.05, 0.1) is 0 Å². The largest absolute Gasteiger partial charge is 0.345 e. The Morgan fingerprint density at radius 1 is 1.28 bits per heavy atom. The van der Waals surface area contributed by atoms with Gasteiger partial charge in [0, 0.05) is 26.1 Å². The average Bonchev–Trinajstić information content (AvgIpc) is 2.36. The smallest absolute Gasteiger partial charge is 0.223 e. The Labute approximate surface area is 110 Å². The first kappa shape index (κ1) is 14.7. The number of likely N-dealkylation sites (N-methyl/N-ethyl adjacent to an activating group) is 1. The Morgan fingerprint density at radius 3 is 2.44 bits per heavy atom. The van der Waals surface area contributed by atoms with Gasteiger partial charge < -0.3 is 10.6 Å². The number of benzene rings is 1. The van der Waals surface area contributed by atoms with Crippen molar-refractivity contribution in [2.24, 2.45) is 11.7 Å². The molecule has 1 rings (SSSR count). The van der Waals surface area contributed by atoms with Crippen molar-refractivity contribution in [1.29, 1.82) is 0 Å². The highest BCUT2D eigenvalue weighted by molar-refractivity contribution is 5.76. The predicted octanol–water partition coefficient (Wildman–Crippen LogP) is 2.06. The normalized spacial score (nSPS) is 12.5. The highest BCUT2D eigenvalue weighted by Gasteiger charge is 2.15. The van der Waals surface area contributed by atoms with Gasteiger partial charge in [-0.15, -0.1) is 0 Å². The zero-order chi connectivity index (χ0) is 13.5.